The van der Waals surface area contributed by atoms with Crippen LogP contribution in [0.3, 0.4) is 0 Å². The molecule has 0 bridgehead atoms. The van der Waals surface area contributed by atoms with Gasteiger partial charge in [0.1, 0.15) is 11.6 Å². The second-order valence-electron chi connectivity index (χ2n) is 8.11. The van der Waals surface area contributed by atoms with Gasteiger partial charge in [-0.15, -0.1) is 0 Å². The lowest BCUT2D eigenvalue weighted by Gasteiger charge is -2.26. The first-order chi connectivity index (χ1) is 15.1. The van der Waals surface area contributed by atoms with Gasteiger partial charge in [-0.3, -0.25) is 0 Å². The standard InChI is InChI=1S/C24H29N7/c1-4-6-19-14-23(31-12-10-21(16-31)30(3)22-7-5-11-26-22)29-24(27-19)28-20-9-8-17(2)18(13-20)15-25/h5,7-9,11,13-14,21,26H,4,6,10,12,16H2,1-3H3,(H,27,28,29)/t21-/m0/s1. The Morgan fingerprint density at radius 1 is 1.29 bits per heavy atom. The lowest BCUT2D eigenvalue weighted by molar-refractivity contribution is 0.685. The van der Waals surface area contributed by atoms with E-state index in [0.29, 0.717) is 17.6 Å². The van der Waals surface area contributed by atoms with Gasteiger partial charge in [-0.2, -0.15) is 10.2 Å². The molecule has 1 aliphatic heterocycles. The molecular weight excluding hydrogens is 386 g/mol. The first-order valence-corrected chi connectivity index (χ1v) is 10.8. The van der Waals surface area contributed by atoms with Crippen molar-refractivity contribution >= 4 is 23.3 Å². The first kappa shape index (κ1) is 20.7. The number of nitriles is 1. The summed E-state index contributed by atoms with van der Waals surface area (Å²) in [6.07, 6.45) is 4.97. The molecule has 31 heavy (non-hydrogen) atoms. The number of H-pyrrole nitrogens is 1. The maximum absolute atomic E-state index is 9.33. The molecule has 0 radical (unpaired) electrons. The predicted molar refractivity (Wildman–Crippen MR) is 125 cm³/mol. The Kier molecular flexibility index (Phi) is 6.08. The molecule has 0 spiro atoms. The van der Waals surface area contributed by atoms with Gasteiger partial charge in [0.25, 0.3) is 0 Å². The highest BCUT2D eigenvalue weighted by atomic mass is 15.3. The molecule has 0 amide bonds. The van der Waals surface area contributed by atoms with Crippen LogP contribution in [-0.4, -0.2) is 41.1 Å². The van der Waals surface area contributed by atoms with E-state index in [2.05, 4.69) is 52.3 Å². The minimum absolute atomic E-state index is 0.426. The van der Waals surface area contributed by atoms with Crippen molar-refractivity contribution in [2.75, 3.05) is 35.3 Å². The van der Waals surface area contributed by atoms with E-state index in [0.717, 1.165) is 60.9 Å². The molecule has 0 aliphatic carbocycles. The molecule has 3 aromatic rings. The molecule has 7 nitrogen and oxygen atoms in total. The van der Waals surface area contributed by atoms with Crippen LogP contribution in [0, 0.1) is 18.3 Å². The Bertz CT molecular complexity index is 1070. The molecule has 2 N–H and O–H groups in total. The number of likely N-dealkylation sites (N-methyl/N-ethyl adjacent to an activating group) is 1. The van der Waals surface area contributed by atoms with Gasteiger partial charge in [-0.25, -0.2) is 4.98 Å². The smallest absolute Gasteiger partial charge is 0.229 e. The monoisotopic (exact) mass is 415 g/mol. The van der Waals surface area contributed by atoms with Crippen molar-refractivity contribution in [1.82, 2.24) is 15.0 Å². The SMILES string of the molecule is CCCc1cc(N2CC[C@H](N(C)c3ccc[nH]3)C2)nc(Nc2ccc(C)c(C#N)c2)n1. The van der Waals surface area contributed by atoms with Gasteiger partial charge in [0.05, 0.1) is 11.6 Å². The fourth-order valence-electron chi connectivity index (χ4n) is 4.04. The summed E-state index contributed by atoms with van der Waals surface area (Å²) in [5.41, 5.74) is 3.48. The third-order valence-electron chi connectivity index (χ3n) is 5.88. The number of aromatic amines is 1. The Hall–Kier alpha value is -3.53. The van der Waals surface area contributed by atoms with Crippen LogP contribution in [-0.2, 0) is 6.42 Å². The molecule has 4 rings (SSSR count). The Morgan fingerprint density at radius 2 is 2.16 bits per heavy atom. The number of hydrogen-bond donors (Lipinski definition) is 2. The summed E-state index contributed by atoms with van der Waals surface area (Å²) in [6.45, 7) is 5.97. The summed E-state index contributed by atoms with van der Waals surface area (Å²) in [5, 5.41) is 12.6. The second kappa shape index (κ2) is 9.09. The van der Waals surface area contributed by atoms with Gasteiger partial charge in [-0.05, 0) is 49.6 Å². The number of aryl methyl sites for hydroxylation is 2. The van der Waals surface area contributed by atoms with Crippen molar-refractivity contribution in [2.24, 2.45) is 0 Å². The zero-order valence-electron chi connectivity index (χ0n) is 18.4. The third kappa shape index (κ3) is 4.64. The van der Waals surface area contributed by atoms with Crippen molar-refractivity contribution in [2.45, 2.75) is 39.2 Å². The fourth-order valence-corrected chi connectivity index (χ4v) is 4.04. The van der Waals surface area contributed by atoms with Crippen LogP contribution in [0.15, 0.2) is 42.6 Å². The van der Waals surface area contributed by atoms with E-state index in [1.165, 1.54) is 0 Å². The fraction of sp³-hybridized carbons (Fsp3) is 0.375. The highest BCUT2D eigenvalue weighted by molar-refractivity contribution is 5.60. The maximum Gasteiger partial charge on any atom is 0.229 e. The Balaban J connectivity index is 1.55. The van der Waals surface area contributed by atoms with Gasteiger partial charge in [0.2, 0.25) is 5.95 Å². The summed E-state index contributed by atoms with van der Waals surface area (Å²) in [4.78, 5) is 17.5. The zero-order chi connectivity index (χ0) is 21.8. The van der Waals surface area contributed by atoms with E-state index < -0.39 is 0 Å². The third-order valence-corrected chi connectivity index (χ3v) is 5.88. The average molecular weight is 416 g/mol. The molecule has 2 aromatic heterocycles. The number of aromatic nitrogens is 3. The highest BCUT2D eigenvalue weighted by Gasteiger charge is 2.27. The zero-order valence-corrected chi connectivity index (χ0v) is 18.4. The molecule has 160 valence electrons. The van der Waals surface area contributed by atoms with E-state index >= 15 is 0 Å². The van der Waals surface area contributed by atoms with Gasteiger partial charge in [0, 0.05) is 49.8 Å². The minimum atomic E-state index is 0.426. The van der Waals surface area contributed by atoms with Gasteiger partial charge in [0.15, 0.2) is 0 Å². The van der Waals surface area contributed by atoms with Gasteiger partial charge in [-0.1, -0.05) is 19.4 Å². The van der Waals surface area contributed by atoms with Crippen LogP contribution in [0.25, 0.3) is 0 Å². The van der Waals surface area contributed by atoms with Crippen LogP contribution in [0.4, 0.5) is 23.3 Å². The maximum atomic E-state index is 9.33. The number of nitrogens with one attached hydrogen (secondary N) is 2. The first-order valence-electron chi connectivity index (χ1n) is 10.8. The molecule has 1 fully saturated rings. The van der Waals surface area contributed by atoms with Crippen molar-refractivity contribution in [3.8, 4) is 6.07 Å². The second-order valence-corrected chi connectivity index (χ2v) is 8.11. The van der Waals surface area contributed by atoms with E-state index in [-0.39, 0.29) is 0 Å². The van der Waals surface area contributed by atoms with Crippen molar-refractivity contribution in [3.05, 3.63) is 59.4 Å². The number of hydrogen-bond acceptors (Lipinski definition) is 6. The van der Waals surface area contributed by atoms with Gasteiger partial charge < -0.3 is 20.1 Å². The molecule has 7 heteroatoms. The molecule has 1 aromatic carbocycles. The van der Waals surface area contributed by atoms with Crippen LogP contribution in [0.1, 0.15) is 36.6 Å². The van der Waals surface area contributed by atoms with E-state index in [1.54, 1.807) is 0 Å². The van der Waals surface area contributed by atoms with Crippen LogP contribution < -0.4 is 15.1 Å². The largest absolute Gasteiger partial charge is 0.356 e. The number of benzene rings is 1. The number of nitrogens with zero attached hydrogens (tertiary/aromatic N) is 5. The van der Waals surface area contributed by atoms with Gasteiger partial charge >= 0.3 is 0 Å². The Labute approximate surface area is 183 Å². The average Bonchev–Trinajstić information content (AvgIpc) is 3.47. The van der Waals surface area contributed by atoms with Crippen molar-refractivity contribution < 1.29 is 0 Å². The highest BCUT2D eigenvalue weighted by Crippen LogP contribution is 2.26. The quantitative estimate of drug-likeness (QED) is 0.595. The summed E-state index contributed by atoms with van der Waals surface area (Å²) >= 11 is 0. The molecule has 3 heterocycles. The summed E-state index contributed by atoms with van der Waals surface area (Å²) in [5.74, 6) is 2.67. The van der Waals surface area contributed by atoms with Crippen LogP contribution in [0.2, 0.25) is 0 Å². The van der Waals surface area contributed by atoms with Crippen molar-refractivity contribution in [3.63, 3.8) is 0 Å². The van der Waals surface area contributed by atoms with E-state index in [1.807, 2.05) is 37.4 Å². The molecule has 1 atom stereocenters. The minimum Gasteiger partial charge on any atom is -0.356 e. The van der Waals surface area contributed by atoms with E-state index in [9.17, 15) is 5.26 Å². The van der Waals surface area contributed by atoms with Crippen molar-refractivity contribution in [1.29, 1.82) is 5.26 Å². The summed E-state index contributed by atoms with van der Waals surface area (Å²) in [7, 11) is 2.14. The lowest BCUT2D eigenvalue weighted by Crippen LogP contribution is -2.35. The summed E-state index contributed by atoms with van der Waals surface area (Å²) < 4.78 is 0. The molecule has 1 aliphatic rings. The van der Waals surface area contributed by atoms with Crippen LogP contribution in [0.5, 0.6) is 0 Å². The molecular formula is C24H29N7. The van der Waals surface area contributed by atoms with E-state index in [4.69, 9.17) is 9.97 Å². The predicted octanol–water partition coefficient (Wildman–Crippen LogP) is 4.40. The lowest BCUT2D eigenvalue weighted by atomic mass is 10.1. The molecule has 0 saturated carbocycles. The molecule has 1 saturated heterocycles. The number of rotatable bonds is 7. The Morgan fingerprint density at radius 3 is 2.90 bits per heavy atom. The normalized spacial score (nSPS) is 15.7. The topological polar surface area (TPSA) is 83.9 Å². The summed E-state index contributed by atoms with van der Waals surface area (Å²) in [6, 6.07) is 14.7. The van der Waals surface area contributed by atoms with Crippen LogP contribution >= 0.6 is 0 Å². The number of anilines is 4. The molecule has 0 unspecified atom stereocenters.